The molecule has 2 heterocycles. The zero-order valence-electron chi connectivity index (χ0n) is 21.9. The molecule has 1 aromatic carbocycles. The number of hydrogen-bond donors (Lipinski definition) is 3. The summed E-state index contributed by atoms with van der Waals surface area (Å²) in [6.07, 6.45) is 0.150. The number of aryl methyl sites for hydroxylation is 1. The zero-order chi connectivity index (χ0) is 27.8. The summed E-state index contributed by atoms with van der Waals surface area (Å²) in [7, 11) is 0. The summed E-state index contributed by atoms with van der Waals surface area (Å²) >= 11 is 8.02. The largest absolute Gasteiger partial charge is 0.391 e. The number of nitrogens with zero attached hydrogens (tertiary/aromatic N) is 3. The Morgan fingerprint density at radius 3 is 2.61 bits per heavy atom. The van der Waals surface area contributed by atoms with Gasteiger partial charge in [-0.05, 0) is 36.8 Å². The van der Waals surface area contributed by atoms with Crippen LogP contribution in [0.4, 0.5) is 0 Å². The average molecular weight is 558 g/mol. The van der Waals surface area contributed by atoms with Crippen LogP contribution in [0, 0.1) is 29.1 Å². The molecule has 0 bridgehead atoms. The van der Waals surface area contributed by atoms with Crippen molar-refractivity contribution in [3.05, 3.63) is 40.0 Å². The van der Waals surface area contributed by atoms with Crippen molar-refractivity contribution in [3.8, 4) is 16.5 Å². The van der Waals surface area contributed by atoms with Crippen LogP contribution in [-0.2, 0) is 20.9 Å². The van der Waals surface area contributed by atoms with Gasteiger partial charge in [0.25, 0.3) is 0 Å². The summed E-state index contributed by atoms with van der Waals surface area (Å²) in [6, 6.07) is 5.76. The Balaban J connectivity index is 1.45. The van der Waals surface area contributed by atoms with Crippen molar-refractivity contribution in [2.45, 2.75) is 71.7 Å². The molecule has 1 aromatic heterocycles. The number of halogens is 1. The van der Waals surface area contributed by atoms with Gasteiger partial charge in [-0.25, -0.2) is 4.98 Å². The first kappa shape index (κ1) is 28.0. The fourth-order valence-corrected chi connectivity index (χ4v) is 5.82. The Morgan fingerprint density at radius 1 is 1.34 bits per heavy atom. The summed E-state index contributed by atoms with van der Waals surface area (Å²) in [6.45, 7) is 7.53. The Morgan fingerprint density at radius 2 is 2.05 bits per heavy atom. The molecule has 2 fully saturated rings. The first-order valence-corrected chi connectivity index (χ1v) is 13.8. The van der Waals surface area contributed by atoms with E-state index in [1.54, 1.807) is 11.6 Å². The van der Waals surface area contributed by atoms with Crippen molar-refractivity contribution in [1.29, 1.82) is 5.26 Å². The number of nitriles is 1. The second-order valence-electron chi connectivity index (χ2n) is 11.2. The van der Waals surface area contributed by atoms with E-state index in [1.165, 1.54) is 16.2 Å². The molecular formula is C27H32ClN5O4S. The first-order chi connectivity index (χ1) is 17.9. The molecule has 1 aliphatic carbocycles. The van der Waals surface area contributed by atoms with Gasteiger partial charge in [0.05, 0.1) is 28.3 Å². The third-order valence-electron chi connectivity index (χ3n) is 7.14. The summed E-state index contributed by atoms with van der Waals surface area (Å²) in [5.74, 6) is -1.32. The smallest absolute Gasteiger partial charge is 0.246 e. The highest BCUT2D eigenvalue weighted by molar-refractivity contribution is 7.13. The van der Waals surface area contributed by atoms with Crippen molar-refractivity contribution in [2.75, 3.05) is 6.54 Å². The van der Waals surface area contributed by atoms with E-state index in [4.69, 9.17) is 11.6 Å². The van der Waals surface area contributed by atoms with Gasteiger partial charge in [-0.15, -0.1) is 11.3 Å². The minimum absolute atomic E-state index is 0.0164. The third kappa shape index (κ3) is 5.70. The first-order valence-electron chi connectivity index (χ1n) is 12.5. The maximum absolute atomic E-state index is 13.6. The van der Waals surface area contributed by atoms with Crippen LogP contribution < -0.4 is 10.6 Å². The fourth-order valence-electron chi connectivity index (χ4n) is 4.62. The molecule has 202 valence electrons. The second kappa shape index (κ2) is 10.6. The van der Waals surface area contributed by atoms with Crippen LogP contribution in [0.5, 0.6) is 0 Å². The molecule has 2 aliphatic rings. The number of carbonyl (C=O) groups is 3. The number of benzene rings is 1. The number of rotatable bonds is 7. The average Bonchev–Trinajstić information content (AvgIpc) is 3.40. The predicted octanol–water partition coefficient (Wildman–Crippen LogP) is 3.18. The van der Waals surface area contributed by atoms with Crippen LogP contribution in [0.2, 0.25) is 5.02 Å². The molecule has 1 saturated carbocycles. The van der Waals surface area contributed by atoms with E-state index in [2.05, 4.69) is 15.6 Å². The highest BCUT2D eigenvalue weighted by atomic mass is 35.5. The van der Waals surface area contributed by atoms with Gasteiger partial charge in [0.15, 0.2) is 0 Å². The number of aliphatic hydroxyl groups is 1. The van der Waals surface area contributed by atoms with Crippen LogP contribution in [0.3, 0.4) is 0 Å². The van der Waals surface area contributed by atoms with Crippen molar-refractivity contribution < 1.29 is 19.5 Å². The lowest BCUT2D eigenvalue weighted by atomic mass is 9.85. The summed E-state index contributed by atoms with van der Waals surface area (Å²) in [4.78, 5) is 46.2. The maximum Gasteiger partial charge on any atom is 0.246 e. The molecule has 38 heavy (non-hydrogen) atoms. The number of nitrogens with one attached hydrogen (secondary N) is 2. The molecule has 0 radical (unpaired) electrons. The third-order valence-corrected chi connectivity index (χ3v) is 8.42. The van der Waals surface area contributed by atoms with Crippen LogP contribution in [0.15, 0.2) is 23.7 Å². The molecule has 3 N–H and O–H groups in total. The van der Waals surface area contributed by atoms with Crippen LogP contribution in [0.1, 0.15) is 51.3 Å². The SMILES string of the molecule is Cc1ncsc1-c1ccc(CNC(=O)[C@@H]2C[C@@H](O)CN2C(=O)[C@@H](NC(=O)C2(C#N)CC2)C(C)(C)C)cc1Cl. The number of amides is 3. The Hall–Kier alpha value is -3.00. The van der Waals surface area contributed by atoms with Crippen molar-refractivity contribution in [1.82, 2.24) is 20.5 Å². The van der Waals surface area contributed by atoms with Crippen molar-refractivity contribution >= 4 is 40.7 Å². The number of likely N-dealkylation sites (tertiary alicyclic amines) is 1. The lowest BCUT2D eigenvalue weighted by Gasteiger charge is -2.35. The maximum atomic E-state index is 13.6. The van der Waals surface area contributed by atoms with Crippen molar-refractivity contribution in [2.24, 2.45) is 10.8 Å². The van der Waals surface area contributed by atoms with Gasteiger partial charge in [0.1, 0.15) is 17.5 Å². The second-order valence-corrected chi connectivity index (χ2v) is 12.4. The van der Waals surface area contributed by atoms with E-state index in [9.17, 15) is 24.8 Å². The molecular weight excluding hydrogens is 526 g/mol. The van der Waals surface area contributed by atoms with Crippen LogP contribution in [0.25, 0.3) is 10.4 Å². The zero-order valence-corrected chi connectivity index (χ0v) is 23.4. The van der Waals surface area contributed by atoms with Gasteiger partial charge in [-0.2, -0.15) is 5.26 Å². The number of thiazole rings is 1. The topological polar surface area (TPSA) is 135 Å². The summed E-state index contributed by atoms with van der Waals surface area (Å²) < 4.78 is 0. The molecule has 0 unspecified atom stereocenters. The Bertz CT molecular complexity index is 1290. The van der Waals surface area contributed by atoms with E-state index in [0.717, 1.165) is 21.7 Å². The van der Waals surface area contributed by atoms with Gasteiger partial charge >= 0.3 is 0 Å². The molecule has 1 saturated heterocycles. The number of carbonyl (C=O) groups excluding carboxylic acids is 3. The van der Waals surface area contributed by atoms with E-state index in [0.29, 0.717) is 17.9 Å². The van der Waals surface area contributed by atoms with E-state index in [1.807, 2.05) is 45.9 Å². The number of aliphatic hydroxyl groups excluding tert-OH is 1. The van der Waals surface area contributed by atoms with Gasteiger partial charge < -0.3 is 20.6 Å². The molecule has 2 aromatic rings. The summed E-state index contributed by atoms with van der Waals surface area (Å²) in [5, 5.41) is 25.9. The number of aromatic nitrogens is 1. The minimum Gasteiger partial charge on any atom is -0.391 e. The van der Waals surface area contributed by atoms with E-state index < -0.39 is 46.7 Å². The summed E-state index contributed by atoms with van der Waals surface area (Å²) in [5.41, 5.74) is 2.56. The van der Waals surface area contributed by atoms with E-state index in [-0.39, 0.29) is 19.5 Å². The van der Waals surface area contributed by atoms with E-state index >= 15 is 0 Å². The van der Waals surface area contributed by atoms with Crippen LogP contribution in [-0.4, -0.2) is 57.4 Å². The highest BCUT2D eigenvalue weighted by Gasteiger charge is 2.53. The molecule has 4 rings (SSSR count). The van der Waals surface area contributed by atoms with Gasteiger partial charge in [-0.3, -0.25) is 14.4 Å². The van der Waals surface area contributed by atoms with Gasteiger partial charge in [0, 0.05) is 30.1 Å². The molecule has 3 atom stereocenters. The minimum atomic E-state index is -1.08. The fraction of sp³-hybridized carbons (Fsp3) is 0.519. The number of hydrogen-bond acceptors (Lipinski definition) is 7. The quantitative estimate of drug-likeness (QED) is 0.478. The molecule has 0 spiro atoms. The van der Waals surface area contributed by atoms with Crippen LogP contribution >= 0.6 is 22.9 Å². The highest BCUT2D eigenvalue weighted by Crippen LogP contribution is 2.45. The monoisotopic (exact) mass is 557 g/mol. The Labute approximate surface area is 231 Å². The Kier molecular flexibility index (Phi) is 7.84. The molecule has 11 heteroatoms. The van der Waals surface area contributed by atoms with Gasteiger partial charge in [-0.1, -0.05) is 44.5 Å². The van der Waals surface area contributed by atoms with Gasteiger partial charge in [0.2, 0.25) is 17.7 Å². The van der Waals surface area contributed by atoms with Crippen molar-refractivity contribution in [3.63, 3.8) is 0 Å². The normalized spacial score (nSPS) is 20.9. The lowest BCUT2D eigenvalue weighted by Crippen LogP contribution is -2.58. The molecule has 1 aliphatic heterocycles. The molecule has 3 amide bonds. The number of β-amino-alcohol motifs (C(OH)–C–C–N with tert-alkyl or cyclic N) is 1. The molecule has 9 nitrogen and oxygen atoms in total. The standard InChI is InChI=1S/C27H32ClN5O4S/c1-15-21(38-14-31-15)18-6-5-16(9-19(18)28)11-30-23(35)20-10-17(34)12-33(20)24(36)22(26(2,3)4)32-25(37)27(13-29)7-8-27/h5-6,9,14,17,20,22,34H,7-8,10-12H2,1-4H3,(H,30,35)(H,32,37)/t17-,20+,22-/m1/s1. The lowest BCUT2D eigenvalue weighted by molar-refractivity contribution is -0.144. The predicted molar refractivity (Wildman–Crippen MR) is 144 cm³/mol.